The number of pyridine rings is 1. The molecule has 2 aromatic rings. The van der Waals surface area contributed by atoms with Gasteiger partial charge in [0.25, 0.3) is 5.91 Å². The van der Waals surface area contributed by atoms with Crippen LogP contribution in [-0.2, 0) is 6.54 Å². The second kappa shape index (κ2) is 7.07. The van der Waals surface area contributed by atoms with Gasteiger partial charge in [0.2, 0.25) is 0 Å². The monoisotopic (exact) mass is 319 g/mol. The van der Waals surface area contributed by atoms with E-state index in [0.717, 1.165) is 5.56 Å². The number of nitriles is 1. The van der Waals surface area contributed by atoms with Gasteiger partial charge in [0.05, 0.1) is 16.7 Å². The first-order chi connectivity index (χ1) is 10.1. The van der Waals surface area contributed by atoms with Crippen LogP contribution in [0.5, 0.6) is 0 Å². The molecular weight excluding hydrogens is 309 g/mol. The van der Waals surface area contributed by atoms with Gasteiger partial charge in [-0.2, -0.15) is 5.26 Å². The Kier molecular flexibility index (Phi) is 5.15. The predicted molar refractivity (Wildman–Crippen MR) is 81.1 cm³/mol. The Morgan fingerprint density at radius 2 is 2.00 bits per heavy atom. The summed E-state index contributed by atoms with van der Waals surface area (Å²) in [7, 11) is 0. The lowest BCUT2D eigenvalue weighted by Crippen LogP contribution is -2.31. The molecule has 0 saturated carbocycles. The number of carbonyl (C=O) groups excluding carboxylic acids is 1. The fourth-order valence-electron chi connectivity index (χ4n) is 1.81. The van der Waals surface area contributed by atoms with E-state index in [9.17, 15) is 4.79 Å². The molecule has 0 bridgehead atoms. The van der Waals surface area contributed by atoms with E-state index in [-0.39, 0.29) is 22.6 Å². The van der Waals surface area contributed by atoms with Crippen molar-refractivity contribution in [3.05, 3.63) is 63.9 Å². The Hall–Kier alpha value is -2.09. The molecule has 0 aliphatic carbocycles. The van der Waals surface area contributed by atoms with Gasteiger partial charge in [-0.3, -0.25) is 4.79 Å². The van der Waals surface area contributed by atoms with Crippen molar-refractivity contribution in [3.63, 3.8) is 0 Å². The maximum atomic E-state index is 12.4. The van der Waals surface area contributed by atoms with Crippen LogP contribution in [0.25, 0.3) is 0 Å². The molecule has 0 saturated heterocycles. The van der Waals surface area contributed by atoms with Crippen molar-refractivity contribution in [1.29, 1.82) is 5.26 Å². The third kappa shape index (κ3) is 3.94. The van der Waals surface area contributed by atoms with Crippen LogP contribution >= 0.6 is 23.2 Å². The van der Waals surface area contributed by atoms with Crippen LogP contribution in [-0.4, -0.2) is 22.3 Å². The molecule has 1 aromatic carbocycles. The van der Waals surface area contributed by atoms with E-state index in [0.29, 0.717) is 12.1 Å². The molecule has 0 aliphatic heterocycles. The van der Waals surface area contributed by atoms with Crippen LogP contribution in [0.2, 0.25) is 10.2 Å². The van der Waals surface area contributed by atoms with E-state index in [1.165, 1.54) is 17.2 Å². The quantitative estimate of drug-likeness (QED) is 0.639. The molecule has 0 unspecified atom stereocenters. The van der Waals surface area contributed by atoms with Crippen LogP contribution in [0.3, 0.4) is 0 Å². The average molecular weight is 320 g/mol. The number of hydrogen-bond donors (Lipinski definition) is 0. The van der Waals surface area contributed by atoms with Gasteiger partial charge in [-0.25, -0.2) is 4.98 Å². The maximum Gasteiger partial charge on any atom is 0.256 e. The van der Waals surface area contributed by atoms with Crippen molar-refractivity contribution < 1.29 is 4.79 Å². The number of hydrogen-bond acceptors (Lipinski definition) is 3. The minimum absolute atomic E-state index is 0.0199. The number of nitrogens with zero attached hydrogens (tertiary/aromatic N) is 3. The summed E-state index contributed by atoms with van der Waals surface area (Å²) in [6.45, 7) is 0.321. The highest BCUT2D eigenvalue weighted by atomic mass is 35.5. The predicted octanol–water partition coefficient (Wildman–Crippen LogP) is 3.55. The lowest BCUT2D eigenvalue weighted by molar-refractivity contribution is 0.0764. The molecule has 0 aliphatic rings. The Bertz CT molecular complexity index is 683. The smallest absolute Gasteiger partial charge is 0.256 e. The number of amides is 1. The number of halogens is 2. The first-order valence-electron chi connectivity index (χ1n) is 6.13. The molecule has 1 heterocycles. The number of rotatable bonds is 4. The summed E-state index contributed by atoms with van der Waals surface area (Å²) >= 11 is 11.6. The Balaban J connectivity index is 2.23. The van der Waals surface area contributed by atoms with Crippen molar-refractivity contribution in [2.45, 2.75) is 6.54 Å². The van der Waals surface area contributed by atoms with E-state index in [1.807, 2.05) is 36.4 Å². The summed E-state index contributed by atoms with van der Waals surface area (Å²) in [5, 5.41) is 9.25. The number of aromatic nitrogens is 1. The normalized spacial score (nSPS) is 9.95. The zero-order chi connectivity index (χ0) is 15.2. The second-order valence-electron chi connectivity index (χ2n) is 4.30. The Morgan fingerprint density at radius 1 is 1.29 bits per heavy atom. The van der Waals surface area contributed by atoms with Gasteiger partial charge >= 0.3 is 0 Å². The molecule has 106 valence electrons. The summed E-state index contributed by atoms with van der Waals surface area (Å²) in [5.74, 6) is -0.313. The molecule has 6 heteroatoms. The third-order valence-corrected chi connectivity index (χ3v) is 3.49. The first-order valence-corrected chi connectivity index (χ1v) is 6.88. The van der Waals surface area contributed by atoms with Crippen LogP contribution in [0, 0.1) is 11.3 Å². The highest BCUT2D eigenvalue weighted by Crippen LogP contribution is 2.21. The van der Waals surface area contributed by atoms with E-state index in [2.05, 4.69) is 4.98 Å². The van der Waals surface area contributed by atoms with E-state index in [4.69, 9.17) is 28.5 Å². The van der Waals surface area contributed by atoms with Gasteiger partial charge < -0.3 is 4.90 Å². The fraction of sp³-hybridized carbons (Fsp3) is 0.133. The molecule has 1 amide bonds. The summed E-state index contributed by atoms with van der Waals surface area (Å²) in [6, 6.07) is 12.9. The molecule has 0 spiro atoms. The minimum Gasteiger partial charge on any atom is -0.321 e. The number of benzene rings is 1. The zero-order valence-corrected chi connectivity index (χ0v) is 12.5. The van der Waals surface area contributed by atoms with Gasteiger partial charge in [-0.15, -0.1) is 0 Å². The molecule has 0 fully saturated rings. The van der Waals surface area contributed by atoms with Crippen molar-refractivity contribution >= 4 is 29.1 Å². The Morgan fingerprint density at radius 3 is 2.62 bits per heavy atom. The van der Waals surface area contributed by atoms with Gasteiger partial charge in [-0.05, 0) is 11.6 Å². The third-order valence-electron chi connectivity index (χ3n) is 2.81. The highest BCUT2D eigenvalue weighted by molar-refractivity contribution is 6.41. The van der Waals surface area contributed by atoms with Crippen LogP contribution in [0.15, 0.2) is 42.6 Å². The first kappa shape index (κ1) is 15.3. The lowest BCUT2D eigenvalue weighted by atomic mass is 10.2. The molecular formula is C15H11Cl2N3O. The van der Waals surface area contributed by atoms with Crippen molar-refractivity contribution in [3.8, 4) is 6.07 Å². The van der Waals surface area contributed by atoms with Gasteiger partial charge in [0.15, 0.2) is 0 Å². The fourth-order valence-corrected chi connectivity index (χ4v) is 2.08. The summed E-state index contributed by atoms with van der Waals surface area (Å²) in [6.07, 6.45) is 1.35. The van der Waals surface area contributed by atoms with E-state index >= 15 is 0 Å². The minimum atomic E-state index is -0.313. The summed E-state index contributed by atoms with van der Waals surface area (Å²) in [5.41, 5.74) is 1.24. The zero-order valence-electron chi connectivity index (χ0n) is 11.0. The maximum absolute atomic E-state index is 12.4. The van der Waals surface area contributed by atoms with Crippen molar-refractivity contribution in [2.75, 3.05) is 6.54 Å². The standard InChI is InChI=1S/C15H11Cl2N3O/c16-13-8-12(9-19-14(13)17)15(21)20(7-6-18)10-11-4-2-1-3-5-11/h1-5,8-9H,7,10H2. The molecule has 0 radical (unpaired) electrons. The van der Waals surface area contributed by atoms with Crippen molar-refractivity contribution in [1.82, 2.24) is 9.88 Å². The van der Waals surface area contributed by atoms with Gasteiger partial charge in [-0.1, -0.05) is 53.5 Å². The molecule has 0 atom stereocenters. The average Bonchev–Trinajstić information content (AvgIpc) is 2.50. The topological polar surface area (TPSA) is 57.0 Å². The SMILES string of the molecule is N#CCN(Cc1ccccc1)C(=O)c1cnc(Cl)c(Cl)c1. The van der Waals surface area contributed by atoms with E-state index in [1.54, 1.807) is 0 Å². The number of carbonyl (C=O) groups is 1. The van der Waals surface area contributed by atoms with Gasteiger partial charge in [0.1, 0.15) is 11.7 Å². The Labute approximate surface area is 132 Å². The van der Waals surface area contributed by atoms with Gasteiger partial charge in [0, 0.05) is 12.7 Å². The largest absolute Gasteiger partial charge is 0.321 e. The van der Waals surface area contributed by atoms with E-state index < -0.39 is 0 Å². The lowest BCUT2D eigenvalue weighted by Gasteiger charge is -2.19. The molecule has 1 aromatic heterocycles. The second-order valence-corrected chi connectivity index (χ2v) is 5.07. The molecule has 21 heavy (non-hydrogen) atoms. The van der Waals surface area contributed by atoms with Crippen LogP contribution < -0.4 is 0 Å². The van der Waals surface area contributed by atoms with Crippen molar-refractivity contribution in [2.24, 2.45) is 0 Å². The highest BCUT2D eigenvalue weighted by Gasteiger charge is 2.17. The molecule has 0 N–H and O–H groups in total. The summed E-state index contributed by atoms with van der Waals surface area (Å²) < 4.78 is 0. The van der Waals surface area contributed by atoms with Crippen LogP contribution in [0.4, 0.5) is 0 Å². The summed E-state index contributed by atoms with van der Waals surface area (Å²) in [4.78, 5) is 17.7. The molecule has 2 rings (SSSR count). The van der Waals surface area contributed by atoms with Crippen LogP contribution in [0.1, 0.15) is 15.9 Å². The molecule has 4 nitrogen and oxygen atoms in total.